The Hall–Kier alpha value is -2.47. The molecule has 2 aromatic carbocycles. The summed E-state index contributed by atoms with van der Waals surface area (Å²) in [5.74, 6) is 1.50. The minimum absolute atomic E-state index is 0.105. The van der Waals surface area contributed by atoms with Crippen molar-refractivity contribution >= 4 is 0 Å². The minimum atomic E-state index is -1.48. The molecule has 0 atom stereocenters. The van der Waals surface area contributed by atoms with Crippen LogP contribution in [0.25, 0.3) is 0 Å². The topological polar surface area (TPSA) is 0 Å². The molecular formula is C19H15F3. The van der Waals surface area contributed by atoms with Crippen LogP contribution in [0.4, 0.5) is 13.2 Å². The van der Waals surface area contributed by atoms with E-state index in [0.29, 0.717) is 0 Å². The van der Waals surface area contributed by atoms with Gasteiger partial charge in [0.25, 0.3) is 0 Å². The van der Waals surface area contributed by atoms with Crippen LogP contribution in [0.2, 0.25) is 0 Å². The van der Waals surface area contributed by atoms with Crippen molar-refractivity contribution in [3.8, 4) is 11.8 Å². The predicted octanol–water partition coefficient (Wildman–Crippen LogP) is 5.01. The molecule has 0 saturated carbocycles. The maximum Gasteiger partial charge on any atom is 0.194 e. The zero-order valence-corrected chi connectivity index (χ0v) is 12.2. The lowest BCUT2D eigenvalue weighted by molar-refractivity contribution is 0.446. The molecule has 0 aliphatic heterocycles. The van der Waals surface area contributed by atoms with Crippen LogP contribution in [0.15, 0.2) is 48.6 Å². The Kier molecular flexibility index (Phi) is 5.43. The lowest BCUT2D eigenvalue weighted by Crippen LogP contribution is -1.91. The lowest BCUT2D eigenvalue weighted by Gasteiger charge is -1.98. The minimum Gasteiger partial charge on any atom is -0.204 e. The third-order valence-electron chi connectivity index (χ3n) is 3.12. The number of hydrogen-bond donors (Lipinski definition) is 0. The van der Waals surface area contributed by atoms with Gasteiger partial charge in [0.2, 0.25) is 0 Å². The average Bonchev–Trinajstić information content (AvgIpc) is 2.52. The normalized spacial score (nSPS) is 10.5. The quantitative estimate of drug-likeness (QED) is 0.424. The van der Waals surface area contributed by atoms with Crippen molar-refractivity contribution in [1.82, 2.24) is 0 Å². The molecule has 0 aliphatic carbocycles. The first-order valence-corrected chi connectivity index (χ1v) is 6.97. The molecule has 0 heterocycles. The van der Waals surface area contributed by atoms with Crippen LogP contribution in [0.3, 0.4) is 0 Å². The van der Waals surface area contributed by atoms with Gasteiger partial charge in [-0.25, -0.2) is 13.2 Å². The maximum atomic E-state index is 13.1. The van der Waals surface area contributed by atoms with Gasteiger partial charge in [0.05, 0.1) is 0 Å². The first-order chi connectivity index (χ1) is 10.6. The second-order valence-corrected chi connectivity index (χ2v) is 4.81. The van der Waals surface area contributed by atoms with E-state index in [1.165, 1.54) is 5.56 Å². The summed E-state index contributed by atoms with van der Waals surface area (Å²) in [6.45, 7) is 1.99. The van der Waals surface area contributed by atoms with Crippen molar-refractivity contribution in [2.24, 2.45) is 0 Å². The third kappa shape index (κ3) is 4.26. The molecule has 22 heavy (non-hydrogen) atoms. The molecule has 0 amide bonds. The summed E-state index contributed by atoms with van der Waals surface area (Å²) in [4.78, 5) is 0. The van der Waals surface area contributed by atoms with Gasteiger partial charge in [0, 0.05) is 11.1 Å². The summed E-state index contributed by atoms with van der Waals surface area (Å²) in [5, 5.41) is 0. The van der Waals surface area contributed by atoms with Crippen molar-refractivity contribution in [3.05, 3.63) is 82.7 Å². The summed E-state index contributed by atoms with van der Waals surface area (Å²) in [7, 11) is 0. The Labute approximate surface area is 128 Å². The molecule has 0 fully saturated rings. The maximum absolute atomic E-state index is 13.1. The average molecular weight is 300 g/mol. The fourth-order valence-electron chi connectivity index (χ4n) is 1.94. The Balaban J connectivity index is 2.11. The van der Waals surface area contributed by atoms with E-state index in [0.717, 1.165) is 30.5 Å². The summed E-state index contributed by atoms with van der Waals surface area (Å²) in [5.41, 5.74) is 2.04. The van der Waals surface area contributed by atoms with Gasteiger partial charge in [-0.15, -0.1) is 0 Å². The summed E-state index contributed by atoms with van der Waals surface area (Å²) in [6.07, 6.45) is 6.05. The van der Waals surface area contributed by atoms with Crippen LogP contribution in [0.5, 0.6) is 0 Å². The predicted molar refractivity (Wildman–Crippen MR) is 81.9 cm³/mol. The Morgan fingerprint density at radius 2 is 1.50 bits per heavy atom. The molecule has 2 aromatic rings. The summed E-state index contributed by atoms with van der Waals surface area (Å²) < 4.78 is 39.0. The van der Waals surface area contributed by atoms with E-state index < -0.39 is 17.5 Å². The molecule has 0 saturated heterocycles. The van der Waals surface area contributed by atoms with Crippen LogP contribution in [0.1, 0.15) is 30.0 Å². The molecule has 0 spiro atoms. The molecule has 0 aromatic heterocycles. The van der Waals surface area contributed by atoms with E-state index in [1.54, 1.807) is 0 Å². The summed E-state index contributed by atoms with van der Waals surface area (Å²) >= 11 is 0. The first-order valence-electron chi connectivity index (χ1n) is 6.97. The molecule has 0 N–H and O–H groups in total. The van der Waals surface area contributed by atoms with E-state index in [4.69, 9.17) is 0 Å². The highest BCUT2D eigenvalue weighted by atomic mass is 19.2. The Morgan fingerprint density at radius 3 is 2.09 bits per heavy atom. The van der Waals surface area contributed by atoms with Crippen molar-refractivity contribution in [2.75, 3.05) is 0 Å². The van der Waals surface area contributed by atoms with E-state index in [9.17, 15) is 13.2 Å². The van der Waals surface area contributed by atoms with Gasteiger partial charge < -0.3 is 0 Å². The van der Waals surface area contributed by atoms with Crippen molar-refractivity contribution < 1.29 is 13.2 Å². The van der Waals surface area contributed by atoms with Crippen molar-refractivity contribution in [2.45, 2.75) is 19.8 Å². The first kappa shape index (κ1) is 15.9. The smallest absolute Gasteiger partial charge is 0.194 e. The molecule has 0 nitrogen and oxygen atoms in total. The zero-order chi connectivity index (χ0) is 15.9. The number of halogens is 3. The number of aryl methyl sites for hydroxylation is 1. The molecule has 3 heteroatoms. The monoisotopic (exact) mass is 300 g/mol. The molecule has 0 unspecified atom stereocenters. The van der Waals surface area contributed by atoms with Crippen LogP contribution in [0, 0.1) is 29.3 Å². The molecule has 0 radical (unpaired) electrons. The molecule has 0 bridgehead atoms. The molecule has 0 aliphatic rings. The van der Waals surface area contributed by atoms with Crippen LogP contribution in [-0.4, -0.2) is 0 Å². The van der Waals surface area contributed by atoms with Gasteiger partial charge in [0.1, 0.15) is 0 Å². The Morgan fingerprint density at radius 1 is 0.909 bits per heavy atom. The van der Waals surface area contributed by atoms with E-state index in [-0.39, 0.29) is 5.56 Å². The van der Waals surface area contributed by atoms with Gasteiger partial charge >= 0.3 is 0 Å². The standard InChI is InChI=1S/C19H15F3/c1-2-3-4-5-14-6-8-15(9-7-14)10-11-16-12-17(20)19(22)18(21)13-16/h2-3,6-9,12-13H,4-5H2,1H3/b3-2+. The highest BCUT2D eigenvalue weighted by Gasteiger charge is 2.09. The highest BCUT2D eigenvalue weighted by molar-refractivity contribution is 5.43. The van der Waals surface area contributed by atoms with Crippen LogP contribution >= 0.6 is 0 Å². The SMILES string of the molecule is C/C=C/CCc1ccc(C#Cc2cc(F)c(F)c(F)c2)cc1. The van der Waals surface area contributed by atoms with Gasteiger partial charge in [0.15, 0.2) is 17.5 Å². The van der Waals surface area contributed by atoms with E-state index in [1.807, 2.05) is 37.3 Å². The summed E-state index contributed by atoms with van der Waals surface area (Å²) in [6, 6.07) is 9.43. The van der Waals surface area contributed by atoms with Crippen molar-refractivity contribution in [1.29, 1.82) is 0 Å². The molecule has 112 valence electrons. The largest absolute Gasteiger partial charge is 0.204 e. The lowest BCUT2D eigenvalue weighted by atomic mass is 10.1. The van der Waals surface area contributed by atoms with E-state index in [2.05, 4.69) is 17.9 Å². The third-order valence-corrected chi connectivity index (χ3v) is 3.12. The van der Waals surface area contributed by atoms with Gasteiger partial charge in [-0.1, -0.05) is 36.1 Å². The second-order valence-electron chi connectivity index (χ2n) is 4.81. The number of allylic oxidation sites excluding steroid dienone is 2. The molecule has 2 rings (SSSR count). The molecular weight excluding hydrogens is 285 g/mol. The zero-order valence-electron chi connectivity index (χ0n) is 12.2. The van der Waals surface area contributed by atoms with Crippen LogP contribution < -0.4 is 0 Å². The number of hydrogen-bond acceptors (Lipinski definition) is 0. The Bertz CT molecular complexity index is 709. The van der Waals surface area contributed by atoms with Gasteiger partial charge in [-0.05, 0) is 49.6 Å². The highest BCUT2D eigenvalue weighted by Crippen LogP contribution is 2.13. The number of rotatable bonds is 3. The van der Waals surface area contributed by atoms with Crippen molar-refractivity contribution in [3.63, 3.8) is 0 Å². The number of benzene rings is 2. The fourth-order valence-corrected chi connectivity index (χ4v) is 1.94. The second kappa shape index (κ2) is 7.51. The van der Waals surface area contributed by atoms with Crippen LogP contribution in [-0.2, 0) is 6.42 Å². The van der Waals surface area contributed by atoms with Gasteiger partial charge in [-0.2, -0.15) is 0 Å². The van der Waals surface area contributed by atoms with E-state index >= 15 is 0 Å². The van der Waals surface area contributed by atoms with Gasteiger partial charge in [-0.3, -0.25) is 0 Å². The fraction of sp³-hybridized carbons (Fsp3) is 0.158.